The van der Waals surface area contributed by atoms with Crippen LogP contribution in [0.15, 0.2) is 0 Å². The number of nitrogens with zero attached hydrogens (tertiary/aromatic N) is 1. The van der Waals surface area contributed by atoms with Crippen molar-refractivity contribution in [1.82, 2.24) is 10.2 Å². The minimum absolute atomic E-state index is 0.186. The van der Waals surface area contributed by atoms with E-state index in [9.17, 15) is 4.79 Å². The molecule has 5 heteroatoms. The van der Waals surface area contributed by atoms with Crippen LogP contribution in [0.5, 0.6) is 0 Å². The van der Waals surface area contributed by atoms with Crippen molar-refractivity contribution in [1.29, 1.82) is 0 Å². The molecule has 2 aliphatic heterocycles. The van der Waals surface area contributed by atoms with E-state index in [1.807, 2.05) is 4.90 Å². The van der Waals surface area contributed by atoms with Crippen LogP contribution >= 0.6 is 0 Å². The Hall–Kier alpha value is -0.650. The third-order valence-electron chi connectivity index (χ3n) is 2.99. The monoisotopic (exact) mass is 228 g/mol. The Bertz CT molecular complexity index is 221. The van der Waals surface area contributed by atoms with Gasteiger partial charge in [0.25, 0.3) is 0 Å². The van der Waals surface area contributed by atoms with Gasteiger partial charge in [0.2, 0.25) is 5.91 Å². The summed E-state index contributed by atoms with van der Waals surface area (Å²) in [4.78, 5) is 13.9. The molecule has 16 heavy (non-hydrogen) atoms. The summed E-state index contributed by atoms with van der Waals surface area (Å²) < 4.78 is 10.7. The summed E-state index contributed by atoms with van der Waals surface area (Å²) in [5, 5.41) is 3.30. The number of hydrogen-bond acceptors (Lipinski definition) is 4. The number of amides is 1. The molecule has 2 heterocycles. The second kappa shape index (κ2) is 6.18. The highest BCUT2D eigenvalue weighted by Gasteiger charge is 2.21. The van der Waals surface area contributed by atoms with E-state index < -0.39 is 0 Å². The van der Waals surface area contributed by atoms with E-state index in [-0.39, 0.29) is 11.9 Å². The smallest absolute Gasteiger partial charge is 0.224 e. The molecule has 5 nitrogen and oxygen atoms in total. The summed E-state index contributed by atoms with van der Waals surface area (Å²) in [5.41, 5.74) is 0. The number of rotatable bonds is 2. The Balaban J connectivity index is 1.76. The zero-order valence-electron chi connectivity index (χ0n) is 9.61. The van der Waals surface area contributed by atoms with E-state index in [0.717, 1.165) is 39.3 Å². The molecular weight excluding hydrogens is 208 g/mol. The molecule has 2 aliphatic rings. The second-order valence-corrected chi connectivity index (χ2v) is 4.28. The van der Waals surface area contributed by atoms with Gasteiger partial charge in [-0.3, -0.25) is 4.79 Å². The standard InChI is InChI=1S/C11H20N2O3/c14-11(8-10-9-16-6-2-12-10)13-3-1-5-15-7-4-13/h10,12H,1-9H2. The molecule has 0 saturated carbocycles. The third kappa shape index (κ3) is 3.43. The molecule has 0 aromatic carbocycles. The van der Waals surface area contributed by atoms with Crippen molar-refractivity contribution in [3.63, 3.8) is 0 Å². The summed E-state index contributed by atoms with van der Waals surface area (Å²) in [5.74, 6) is 0.216. The van der Waals surface area contributed by atoms with E-state index in [0.29, 0.717) is 19.6 Å². The van der Waals surface area contributed by atoms with E-state index in [1.165, 1.54) is 0 Å². The first-order valence-electron chi connectivity index (χ1n) is 6.03. The molecule has 0 aromatic heterocycles. The maximum Gasteiger partial charge on any atom is 0.224 e. The number of ether oxygens (including phenoxy) is 2. The van der Waals surface area contributed by atoms with E-state index in [2.05, 4.69) is 5.32 Å². The number of nitrogens with one attached hydrogen (secondary N) is 1. The van der Waals surface area contributed by atoms with Gasteiger partial charge in [0.05, 0.1) is 19.8 Å². The molecule has 0 bridgehead atoms. The summed E-state index contributed by atoms with van der Waals surface area (Å²) in [7, 11) is 0. The maximum absolute atomic E-state index is 12.0. The van der Waals surface area contributed by atoms with Crippen molar-refractivity contribution in [3.8, 4) is 0 Å². The summed E-state index contributed by atoms with van der Waals surface area (Å²) >= 11 is 0. The summed E-state index contributed by atoms with van der Waals surface area (Å²) in [6.45, 7) is 5.24. The lowest BCUT2D eigenvalue weighted by atomic mass is 10.1. The molecule has 0 aromatic rings. The van der Waals surface area contributed by atoms with E-state index in [1.54, 1.807) is 0 Å². The number of morpholine rings is 1. The topological polar surface area (TPSA) is 50.8 Å². The Labute approximate surface area is 96.1 Å². The largest absolute Gasteiger partial charge is 0.380 e. The van der Waals surface area contributed by atoms with Crippen LogP contribution in [0.2, 0.25) is 0 Å². The van der Waals surface area contributed by atoms with Gasteiger partial charge in [-0.2, -0.15) is 0 Å². The highest BCUT2D eigenvalue weighted by Crippen LogP contribution is 2.05. The molecule has 1 unspecified atom stereocenters. The fraction of sp³-hybridized carbons (Fsp3) is 0.909. The van der Waals surface area contributed by atoms with Crippen LogP contribution in [-0.2, 0) is 14.3 Å². The van der Waals surface area contributed by atoms with Crippen LogP contribution in [0.4, 0.5) is 0 Å². The predicted octanol–water partition coefficient (Wildman–Crippen LogP) is -0.386. The first kappa shape index (κ1) is 11.8. The molecule has 1 N–H and O–H groups in total. The Morgan fingerprint density at radius 2 is 2.19 bits per heavy atom. The molecule has 0 aliphatic carbocycles. The lowest BCUT2D eigenvalue weighted by Crippen LogP contribution is -2.45. The molecule has 2 fully saturated rings. The maximum atomic E-state index is 12.0. The molecule has 2 rings (SSSR count). The van der Waals surface area contributed by atoms with Gasteiger partial charge < -0.3 is 19.7 Å². The van der Waals surface area contributed by atoms with Gasteiger partial charge in [-0.05, 0) is 6.42 Å². The normalized spacial score (nSPS) is 27.5. The first-order valence-corrected chi connectivity index (χ1v) is 6.03. The van der Waals surface area contributed by atoms with Crippen molar-refractivity contribution in [3.05, 3.63) is 0 Å². The minimum atomic E-state index is 0.186. The molecule has 1 atom stereocenters. The lowest BCUT2D eigenvalue weighted by molar-refractivity contribution is -0.132. The quantitative estimate of drug-likeness (QED) is 0.699. The van der Waals surface area contributed by atoms with Crippen molar-refractivity contribution in [2.75, 3.05) is 46.1 Å². The highest BCUT2D eigenvalue weighted by atomic mass is 16.5. The zero-order valence-corrected chi connectivity index (χ0v) is 9.61. The molecular formula is C11H20N2O3. The number of carbonyl (C=O) groups is 1. The fourth-order valence-electron chi connectivity index (χ4n) is 2.09. The summed E-state index contributed by atoms with van der Waals surface area (Å²) in [6.07, 6.45) is 1.49. The molecule has 2 saturated heterocycles. The van der Waals surface area contributed by atoms with Gasteiger partial charge in [0.15, 0.2) is 0 Å². The Morgan fingerprint density at radius 3 is 3.00 bits per heavy atom. The average Bonchev–Trinajstić information content (AvgIpc) is 2.59. The summed E-state index contributed by atoms with van der Waals surface area (Å²) in [6, 6.07) is 0.186. The van der Waals surface area contributed by atoms with Crippen LogP contribution in [-0.4, -0.2) is 62.9 Å². The predicted molar refractivity (Wildman–Crippen MR) is 59.2 cm³/mol. The first-order chi connectivity index (χ1) is 7.86. The third-order valence-corrected chi connectivity index (χ3v) is 2.99. The molecule has 92 valence electrons. The fourth-order valence-corrected chi connectivity index (χ4v) is 2.09. The lowest BCUT2D eigenvalue weighted by Gasteiger charge is -2.26. The van der Waals surface area contributed by atoms with Crippen LogP contribution in [0.1, 0.15) is 12.8 Å². The van der Waals surface area contributed by atoms with Crippen molar-refractivity contribution in [2.24, 2.45) is 0 Å². The van der Waals surface area contributed by atoms with Crippen LogP contribution < -0.4 is 5.32 Å². The van der Waals surface area contributed by atoms with Gasteiger partial charge in [-0.25, -0.2) is 0 Å². The van der Waals surface area contributed by atoms with Gasteiger partial charge in [-0.15, -0.1) is 0 Å². The van der Waals surface area contributed by atoms with Crippen molar-refractivity contribution < 1.29 is 14.3 Å². The van der Waals surface area contributed by atoms with Crippen molar-refractivity contribution in [2.45, 2.75) is 18.9 Å². The zero-order chi connectivity index (χ0) is 11.2. The average molecular weight is 228 g/mol. The van der Waals surface area contributed by atoms with Gasteiger partial charge in [0, 0.05) is 38.7 Å². The number of carbonyl (C=O) groups excluding carboxylic acids is 1. The SMILES string of the molecule is O=C(CC1COCCN1)N1CCCOCC1. The van der Waals surface area contributed by atoms with Crippen LogP contribution in [0.3, 0.4) is 0 Å². The van der Waals surface area contributed by atoms with Gasteiger partial charge >= 0.3 is 0 Å². The van der Waals surface area contributed by atoms with Crippen LogP contribution in [0.25, 0.3) is 0 Å². The van der Waals surface area contributed by atoms with Crippen LogP contribution in [0, 0.1) is 0 Å². The van der Waals surface area contributed by atoms with E-state index >= 15 is 0 Å². The van der Waals surface area contributed by atoms with Gasteiger partial charge in [0.1, 0.15) is 0 Å². The molecule has 0 radical (unpaired) electrons. The minimum Gasteiger partial charge on any atom is -0.380 e. The highest BCUT2D eigenvalue weighted by molar-refractivity contribution is 5.76. The second-order valence-electron chi connectivity index (χ2n) is 4.28. The van der Waals surface area contributed by atoms with Gasteiger partial charge in [-0.1, -0.05) is 0 Å². The molecule has 1 amide bonds. The Kier molecular flexibility index (Phi) is 4.56. The number of hydrogen-bond donors (Lipinski definition) is 1. The van der Waals surface area contributed by atoms with E-state index in [4.69, 9.17) is 9.47 Å². The van der Waals surface area contributed by atoms with Crippen molar-refractivity contribution >= 4 is 5.91 Å². The molecule has 0 spiro atoms. The Morgan fingerprint density at radius 1 is 1.25 bits per heavy atom.